The minimum Gasteiger partial charge on any atom is -0.382 e. The highest BCUT2D eigenvalue weighted by molar-refractivity contribution is 9.10. The number of nitrogens with one attached hydrogen (secondary N) is 1. The Morgan fingerprint density at radius 2 is 1.86 bits per heavy atom. The number of aryl methyl sites for hydroxylation is 1. The Labute approximate surface area is 130 Å². The number of hydrogen-bond acceptors (Lipinski definition) is 2. The zero-order valence-corrected chi connectivity index (χ0v) is 12.9. The lowest BCUT2D eigenvalue weighted by molar-refractivity contribution is 0.629. The second-order valence-corrected chi connectivity index (χ2v) is 5.76. The van der Waals surface area contributed by atoms with E-state index in [2.05, 4.69) is 26.1 Å². The van der Waals surface area contributed by atoms with Gasteiger partial charge in [-0.05, 0) is 42.3 Å². The van der Waals surface area contributed by atoms with E-state index in [0.29, 0.717) is 22.6 Å². The van der Waals surface area contributed by atoms with Crippen molar-refractivity contribution in [3.63, 3.8) is 0 Å². The molecule has 106 valence electrons. The number of halogens is 2. The number of nitrogens with two attached hydrogens (primary N) is 1. The monoisotopic (exact) mass is 345 g/mol. The first-order valence-electron chi connectivity index (χ1n) is 6.42. The molecule has 0 bridgehead atoms. The normalized spacial score (nSPS) is 10.8. The van der Waals surface area contributed by atoms with Crippen LogP contribution in [-0.2, 0) is 0 Å². The fraction of sp³-hybridized carbons (Fsp3) is 0.0625. The Morgan fingerprint density at radius 3 is 2.52 bits per heavy atom. The van der Waals surface area contributed by atoms with Crippen molar-refractivity contribution in [2.75, 3.05) is 5.73 Å². The van der Waals surface area contributed by atoms with Crippen molar-refractivity contribution in [3.8, 4) is 22.4 Å². The Kier molecular flexibility index (Phi) is 3.51. The molecule has 21 heavy (non-hydrogen) atoms. The molecule has 5 heteroatoms. The van der Waals surface area contributed by atoms with Gasteiger partial charge in [-0.3, -0.25) is 5.10 Å². The summed E-state index contributed by atoms with van der Waals surface area (Å²) in [5.74, 6) is 0.0595. The molecule has 0 radical (unpaired) electrons. The maximum atomic E-state index is 14.2. The minimum absolute atomic E-state index is 0.294. The number of hydrogen-bond donors (Lipinski definition) is 2. The number of aromatic nitrogens is 2. The topological polar surface area (TPSA) is 54.7 Å². The number of nitrogen functional groups attached to an aromatic ring is 1. The van der Waals surface area contributed by atoms with E-state index in [1.54, 1.807) is 6.07 Å². The summed E-state index contributed by atoms with van der Waals surface area (Å²) in [7, 11) is 0. The van der Waals surface area contributed by atoms with Crippen LogP contribution in [0.2, 0.25) is 0 Å². The van der Waals surface area contributed by atoms with E-state index in [1.165, 1.54) is 6.07 Å². The molecule has 3 aromatic rings. The van der Waals surface area contributed by atoms with Crippen LogP contribution in [0.4, 0.5) is 10.2 Å². The lowest BCUT2D eigenvalue weighted by Crippen LogP contribution is -1.91. The highest BCUT2D eigenvalue weighted by Gasteiger charge is 2.17. The average Bonchev–Trinajstić information content (AvgIpc) is 2.82. The average molecular weight is 346 g/mol. The summed E-state index contributed by atoms with van der Waals surface area (Å²) < 4.78 is 15.2. The number of H-pyrrole nitrogens is 1. The van der Waals surface area contributed by atoms with Crippen LogP contribution in [0.3, 0.4) is 0 Å². The van der Waals surface area contributed by atoms with Gasteiger partial charge in [-0.15, -0.1) is 0 Å². The fourth-order valence-electron chi connectivity index (χ4n) is 2.28. The van der Waals surface area contributed by atoms with Gasteiger partial charge < -0.3 is 5.73 Å². The molecule has 0 saturated carbocycles. The summed E-state index contributed by atoms with van der Waals surface area (Å²) in [5.41, 5.74) is 9.47. The highest BCUT2D eigenvalue weighted by atomic mass is 79.9. The molecule has 0 spiro atoms. The first kappa shape index (κ1) is 13.8. The molecule has 0 aliphatic carbocycles. The Morgan fingerprint density at radius 1 is 1.14 bits per heavy atom. The summed E-state index contributed by atoms with van der Waals surface area (Å²) >= 11 is 3.40. The molecule has 0 aliphatic heterocycles. The van der Waals surface area contributed by atoms with Crippen molar-refractivity contribution in [2.24, 2.45) is 0 Å². The van der Waals surface area contributed by atoms with E-state index in [0.717, 1.165) is 15.6 Å². The van der Waals surface area contributed by atoms with Crippen molar-refractivity contribution < 1.29 is 4.39 Å². The summed E-state index contributed by atoms with van der Waals surface area (Å²) in [6, 6.07) is 12.8. The lowest BCUT2D eigenvalue weighted by atomic mass is 10.00. The highest BCUT2D eigenvalue weighted by Crippen LogP contribution is 2.36. The van der Waals surface area contributed by atoms with E-state index in [4.69, 9.17) is 5.73 Å². The molecule has 2 aromatic carbocycles. The SMILES string of the molecule is Cc1ccc(-c2[nH]nc(N)c2-c2ccc(Br)cc2)c(F)c1. The predicted molar refractivity (Wildman–Crippen MR) is 86.3 cm³/mol. The zero-order valence-electron chi connectivity index (χ0n) is 11.3. The zero-order chi connectivity index (χ0) is 15.0. The maximum absolute atomic E-state index is 14.2. The lowest BCUT2D eigenvalue weighted by Gasteiger charge is -2.07. The third-order valence-electron chi connectivity index (χ3n) is 3.32. The van der Waals surface area contributed by atoms with Gasteiger partial charge in [0.1, 0.15) is 5.82 Å². The van der Waals surface area contributed by atoms with Crippen molar-refractivity contribution in [1.82, 2.24) is 10.2 Å². The summed E-state index contributed by atoms with van der Waals surface area (Å²) in [6.07, 6.45) is 0. The first-order valence-corrected chi connectivity index (χ1v) is 7.22. The van der Waals surface area contributed by atoms with Crippen LogP contribution >= 0.6 is 15.9 Å². The standard InChI is InChI=1S/C16H13BrFN3/c1-9-2-7-12(13(18)8-9)15-14(16(19)21-20-15)10-3-5-11(17)6-4-10/h2-8H,1H3,(H3,19,20,21). The van der Waals surface area contributed by atoms with Gasteiger partial charge >= 0.3 is 0 Å². The van der Waals surface area contributed by atoms with Gasteiger partial charge in [0.25, 0.3) is 0 Å². The van der Waals surface area contributed by atoms with Gasteiger partial charge in [0.15, 0.2) is 5.82 Å². The molecule has 0 unspecified atom stereocenters. The van der Waals surface area contributed by atoms with Crippen LogP contribution < -0.4 is 5.73 Å². The molecule has 3 nitrogen and oxygen atoms in total. The molecule has 1 aromatic heterocycles. The Balaban J connectivity index is 2.19. The van der Waals surface area contributed by atoms with Gasteiger partial charge in [-0.25, -0.2) is 4.39 Å². The van der Waals surface area contributed by atoms with E-state index >= 15 is 0 Å². The number of aromatic amines is 1. The van der Waals surface area contributed by atoms with Crippen molar-refractivity contribution in [2.45, 2.75) is 6.92 Å². The van der Waals surface area contributed by atoms with E-state index < -0.39 is 0 Å². The first-order chi connectivity index (χ1) is 10.1. The van der Waals surface area contributed by atoms with Gasteiger partial charge in [-0.1, -0.05) is 34.1 Å². The van der Waals surface area contributed by atoms with Crippen LogP contribution in [0.25, 0.3) is 22.4 Å². The van der Waals surface area contributed by atoms with Crippen LogP contribution in [0.15, 0.2) is 46.9 Å². The molecule has 0 saturated heterocycles. The van der Waals surface area contributed by atoms with Gasteiger partial charge in [0.2, 0.25) is 0 Å². The quantitative estimate of drug-likeness (QED) is 0.716. The fourth-order valence-corrected chi connectivity index (χ4v) is 2.55. The van der Waals surface area contributed by atoms with Gasteiger partial charge in [0.05, 0.1) is 11.3 Å². The molecule has 3 N–H and O–H groups in total. The van der Waals surface area contributed by atoms with Crippen LogP contribution in [0.5, 0.6) is 0 Å². The largest absolute Gasteiger partial charge is 0.382 e. The molecule has 3 rings (SSSR count). The Bertz CT molecular complexity index is 794. The van der Waals surface area contributed by atoms with Gasteiger partial charge in [0, 0.05) is 10.0 Å². The molecule has 0 atom stereocenters. The van der Waals surface area contributed by atoms with Crippen molar-refractivity contribution in [1.29, 1.82) is 0 Å². The van der Waals surface area contributed by atoms with Crippen LogP contribution in [-0.4, -0.2) is 10.2 Å². The van der Waals surface area contributed by atoms with Gasteiger partial charge in [-0.2, -0.15) is 5.10 Å². The number of nitrogens with zero attached hydrogens (tertiary/aromatic N) is 1. The second-order valence-electron chi connectivity index (χ2n) is 4.85. The maximum Gasteiger partial charge on any atom is 0.153 e. The van der Waals surface area contributed by atoms with Crippen molar-refractivity contribution in [3.05, 3.63) is 58.3 Å². The Hall–Kier alpha value is -2.14. The van der Waals surface area contributed by atoms with E-state index in [-0.39, 0.29) is 5.82 Å². The molecule has 0 fully saturated rings. The summed E-state index contributed by atoms with van der Waals surface area (Å²) in [4.78, 5) is 0. The van der Waals surface area contributed by atoms with Crippen molar-refractivity contribution >= 4 is 21.7 Å². The number of rotatable bonds is 2. The summed E-state index contributed by atoms with van der Waals surface area (Å²) in [5, 5.41) is 6.87. The second kappa shape index (κ2) is 5.33. The number of anilines is 1. The third-order valence-corrected chi connectivity index (χ3v) is 3.85. The minimum atomic E-state index is -0.294. The van der Waals surface area contributed by atoms with Crippen LogP contribution in [0.1, 0.15) is 5.56 Å². The molecule has 0 amide bonds. The summed E-state index contributed by atoms with van der Waals surface area (Å²) in [6.45, 7) is 1.85. The molecule has 1 heterocycles. The smallest absolute Gasteiger partial charge is 0.153 e. The predicted octanol–water partition coefficient (Wildman–Crippen LogP) is 4.54. The molecule has 0 aliphatic rings. The molecular formula is C16H13BrFN3. The van der Waals surface area contributed by atoms with E-state index in [9.17, 15) is 4.39 Å². The molecular weight excluding hydrogens is 333 g/mol. The number of benzene rings is 2. The van der Waals surface area contributed by atoms with Crippen LogP contribution in [0, 0.1) is 12.7 Å². The third kappa shape index (κ3) is 2.56. The van der Waals surface area contributed by atoms with E-state index in [1.807, 2.05) is 37.3 Å².